The third-order valence-electron chi connectivity index (χ3n) is 8.43. The lowest BCUT2D eigenvalue weighted by molar-refractivity contribution is -0.226. The van der Waals surface area contributed by atoms with E-state index in [-0.39, 0.29) is 18.0 Å². The van der Waals surface area contributed by atoms with Crippen molar-refractivity contribution < 1.29 is 19.1 Å². The Bertz CT molecular complexity index is 561. The lowest BCUT2D eigenvalue weighted by Gasteiger charge is -2.65. The third-order valence-corrected chi connectivity index (χ3v) is 8.43. The minimum Gasteiger partial charge on any atom is -0.457 e. The molecule has 0 N–H and O–H groups in total. The fourth-order valence-electron chi connectivity index (χ4n) is 6.88. The lowest BCUT2D eigenvalue weighted by atomic mass is 9.41. The van der Waals surface area contributed by atoms with E-state index >= 15 is 0 Å². The number of ether oxygens (including phenoxy) is 2. The highest BCUT2D eigenvalue weighted by molar-refractivity contribution is 5.80. The molecule has 0 unspecified atom stereocenters. The first-order valence-electron chi connectivity index (χ1n) is 10.9. The van der Waals surface area contributed by atoms with Crippen molar-refractivity contribution in [1.82, 2.24) is 0 Å². The van der Waals surface area contributed by atoms with Crippen molar-refractivity contribution in [3.8, 4) is 0 Å². The predicted octanol–water partition coefficient (Wildman–Crippen LogP) is 5.14. The molecule has 0 aromatic carbocycles. The van der Waals surface area contributed by atoms with Crippen molar-refractivity contribution in [2.24, 2.45) is 34.5 Å². The maximum Gasteiger partial charge on any atom is 0.344 e. The van der Waals surface area contributed by atoms with Gasteiger partial charge in [-0.15, -0.1) is 0 Å². The van der Waals surface area contributed by atoms with Crippen LogP contribution >= 0.6 is 0 Å². The van der Waals surface area contributed by atoms with Crippen molar-refractivity contribution in [2.75, 3.05) is 6.61 Å². The first-order valence-corrected chi connectivity index (χ1v) is 10.9. The SMILES string of the molecule is CCC(C)(C)C(=O)OCC(=O)OC(C)(C)C1(CC)C2CC3CC(C2)CC1C3. The van der Waals surface area contributed by atoms with Crippen LogP contribution in [0.25, 0.3) is 0 Å². The Morgan fingerprint density at radius 1 is 0.926 bits per heavy atom. The van der Waals surface area contributed by atoms with Crippen LogP contribution < -0.4 is 0 Å². The molecule has 0 aromatic rings. The largest absolute Gasteiger partial charge is 0.457 e. The topological polar surface area (TPSA) is 52.6 Å². The van der Waals surface area contributed by atoms with E-state index in [2.05, 4.69) is 20.8 Å². The smallest absolute Gasteiger partial charge is 0.344 e. The number of rotatable bonds is 7. The molecular formula is C23H38O4. The van der Waals surface area contributed by atoms with Gasteiger partial charge in [-0.05, 0) is 96.3 Å². The highest BCUT2D eigenvalue weighted by Gasteiger charge is 2.63. The summed E-state index contributed by atoms with van der Waals surface area (Å²) in [6, 6.07) is 0. The molecule has 0 heterocycles. The Labute approximate surface area is 164 Å². The normalized spacial score (nSPS) is 35.2. The van der Waals surface area contributed by atoms with E-state index in [0.29, 0.717) is 18.3 Å². The van der Waals surface area contributed by atoms with E-state index in [1.807, 2.05) is 20.8 Å². The molecule has 0 saturated heterocycles. The van der Waals surface area contributed by atoms with Gasteiger partial charge in [0.2, 0.25) is 0 Å². The molecule has 4 bridgehead atoms. The monoisotopic (exact) mass is 378 g/mol. The molecule has 0 aromatic heterocycles. The van der Waals surface area contributed by atoms with Crippen LogP contribution in [-0.4, -0.2) is 24.1 Å². The van der Waals surface area contributed by atoms with E-state index in [4.69, 9.17) is 9.47 Å². The Morgan fingerprint density at radius 3 is 1.89 bits per heavy atom. The van der Waals surface area contributed by atoms with Crippen LogP contribution in [0.1, 0.15) is 86.5 Å². The second kappa shape index (κ2) is 7.08. The molecule has 0 atom stereocenters. The number of carbonyl (C=O) groups excluding carboxylic acids is 2. The van der Waals surface area contributed by atoms with Gasteiger partial charge in [0, 0.05) is 5.41 Å². The fraction of sp³-hybridized carbons (Fsp3) is 0.913. The summed E-state index contributed by atoms with van der Waals surface area (Å²) in [7, 11) is 0. The molecule has 4 nitrogen and oxygen atoms in total. The zero-order valence-corrected chi connectivity index (χ0v) is 18.1. The van der Waals surface area contributed by atoms with Crippen LogP contribution in [-0.2, 0) is 19.1 Å². The zero-order valence-electron chi connectivity index (χ0n) is 18.1. The van der Waals surface area contributed by atoms with Crippen LogP contribution in [0.3, 0.4) is 0 Å². The summed E-state index contributed by atoms with van der Waals surface area (Å²) < 4.78 is 11.3. The summed E-state index contributed by atoms with van der Waals surface area (Å²) in [5.41, 5.74) is -1.04. The predicted molar refractivity (Wildman–Crippen MR) is 105 cm³/mol. The summed E-state index contributed by atoms with van der Waals surface area (Å²) >= 11 is 0. The molecule has 4 rings (SSSR count). The molecule has 4 fully saturated rings. The Kier molecular flexibility index (Phi) is 5.42. The van der Waals surface area contributed by atoms with Crippen molar-refractivity contribution in [1.29, 1.82) is 0 Å². The number of hydrogen-bond donors (Lipinski definition) is 0. The second-order valence-electron chi connectivity index (χ2n) is 10.5. The van der Waals surface area contributed by atoms with E-state index in [1.165, 1.54) is 32.1 Å². The van der Waals surface area contributed by atoms with Crippen molar-refractivity contribution in [3.05, 3.63) is 0 Å². The molecule has 27 heavy (non-hydrogen) atoms. The number of carbonyl (C=O) groups is 2. The van der Waals surface area contributed by atoms with Crippen molar-refractivity contribution >= 4 is 11.9 Å². The average Bonchev–Trinajstić information content (AvgIpc) is 2.58. The fourth-order valence-corrected chi connectivity index (χ4v) is 6.88. The van der Waals surface area contributed by atoms with Crippen LogP contribution in [0.4, 0.5) is 0 Å². The molecule has 0 radical (unpaired) electrons. The van der Waals surface area contributed by atoms with Gasteiger partial charge in [-0.2, -0.15) is 0 Å². The average molecular weight is 379 g/mol. The maximum absolute atomic E-state index is 12.6. The Balaban J connectivity index is 1.68. The molecular weight excluding hydrogens is 340 g/mol. The van der Waals surface area contributed by atoms with Gasteiger partial charge >= 0.3 is 11.9 Å². The molecule has 154 valence electrons. The van der Waals surface area contributed by atoms with Crippen LogP contribution in [0, 0.1) is 34.5 Å². The molecule has 0 aliphatic heterocycles. The highest BCUT2D eigenvalue weighted by Crippen LogP contribution is 2.67. The van der Waals surface area contributed by atoms with Crippen LogP contribution in [0.2, 0.25) is 0 Å². The van der Waals surface area contributed by atoms with E-state index < -0.39 is 17.0 Å². The van der Waals surface area contributed by atoms with Crippen LogP contribution in [0.15, 0.2) is 0 Å². The van der Waals surface area contributed by atoms with E-state index in [1.54, 1.807) is 0 Å². The van der Waals surface area contributed by atoms with Crippen LogP contribution in [0.5, 0.6) is 0 Å². The number of esters is 2. The van der Waals surface area contributed by atoms with Gasteiger partial charge in [-0.1, -0.05) is 13.8 Å². The quantitative estimate of drug-likeness (QED) is 0.576. The molecule has 4 aliphatic rings. The Hall–Kier alpha value is -1.06. The molecule has 4 heteroatoms. The maximum atomic E-state index is 12.6. The summed E-state index contributed by atoms with van der Waals surface area (Å²) in [5, 5.41) is 0. The Morgan fingerprint density at radius 2 is 1.44 bits per heavy atom. The van der Waals surface area contributed by atoms with Crippen molar-refractivity contribution in [3.63, 3.8) is 0 Å². The van der Waals surface area contributed by atoms with Gasteiger partial charge in [0.15, 0.2) is 6.61 Å². The highest BCUT2D eigenvalue weighted by atomic mass is 16.6. The van der Waals surface area contributed by atoms with Gasteiger partial charge in [0.05, 0.1) is 5.41 Å². The lowest BCUT2D eigenvalue weighted by Crippen LogP contribution is -2.62. The summed E-state index contributed by atoms with van der Waals surface area (Å²) in [5.74, 6) is 2.33. The minimum atomic E-state index is -0.568. The van der Waals surface area contributed by atoms with Gasteiger partial charge in [0.25, 0.3) is 0 Å². The molecule has 0 amide bonds. The number of hydrogen-bond acceptors (Lipinski definition) is 4. The van der Waals surface area contributed by atoms with Crippen molar-refractivity contribution in [2.45, 2.75) is 92.1 Å². The zero-order chi connectivity index (χ0) is 20.0. The van der Waals surface area contributed by atoms with Gasteiger partial charge in [-0.3, -0.25) is 4.79 Å². The van der Waals surface area contributed by atoms with Gasteiger partial charge in [0.1, 0.15) is 5.60 Å². The first kappa shape index (κ1) is 20.7. The molecule has 4 saturated carbocycles. The third kappa shape index (κ3) is 3.42. The molecule has 0 spiro atoms. The van der Waals surface area contributed by atoms with E-state index in [9.17, 15) is 9.59 Å². The summed E-state index contributed by atoms with van der Waals surface area (Å²) in [4.78, 5) is 24.7. The summed E-state index contributed by atoms with van der Waals surface area (Å²) in [6.45, 7) is 11.8. The molecule has 4 aliphatic carbocycles. The van der Waals surface area contributed by atoms with Gasteiger partial charge in [-0.25, -0.2) is 4.79 Å². The first-order chi connectivity index (χ1) is 12.6. The second-order valence-corrected chi connectivity index (χ2v) is 10.5. The van der Waals surface area contributed by atoms with E-state index in [0.717, 1.165) is 18.3 Å². The standard InChI is InChI=1S/C23H38O4/c1-7-21(3,4)20(25)26-14-19(24)27-22(5,6)23(8-2)17-10-15-9-16(12-17)13-18(23)11-15/h15-18H,7-14H2,1-6H3. The minimum absolute atomic E-state index is 0.0583. The van der Waals surface area contributed by atoms with Gasteiger partial charge < -0.3 is 9.47 Å². The summed E-state index contributed by atoms with van der Waals surface area (Å²) in [6.07, 6.45) is 8.31.